The number of benzene rings is 3. The Hall–Kier alpha value is -2.79. The molecule has 0 aliphatic carbocycles. The summed E-state index contributed by atoms with van der Waals surface area (Å²) < 4.78 is 31.5. The molecule has 0 atom stereocenters. The predicted octanol–water partition coefficient (Wildman–Crippen LogP) is 3.89. The first-order valence-electron chi connectivity index (χ1n) is 7.00. The van der Waals surface area contributed by atoms with E-state index < -0.39 is 9.84 Å². The number of anilines is 1. The van der Waals surface area contributed by atoms with Crippen LogP contribution in [0, 0.1) is 0 Å². The molecule has 0 heterocycles. The van der Waals surface area contributed by atoms with Crippen molar-refractivity contribution in [2.75, 3.05) is 5.73 Å². The summed E-state index contributed by atoms with van der Waals surface area (Å²) >= 11 is 0. The van der Waals surface area contributed by atoms with Gasteiger partial charge in [-0.15, -0.1) is 0 Å². The third-order valence-corrected chi connectivity index (χ3v) is 5.11. The van der Waals surface area contributed by atoms with Crippen LogP contribution in [0.5, 0.6) is 11.5 Å². The summed E-state index contributed by atoms with van der Waals surface area (Å²) in [5.41, 5.74) is 6.22. The van der Waals surface area contributed by atoms with Crippen molar-refractivity contribution in [1.29, 1.82) is 0 Å². The van der Waals surface area contributed by atoms with Crippen molar-refractivity contribution in [3.8, 4) is 11.5 Å². The highest BCUT2D eigenvalue weighted by Gasteiger charge is 2.24. The van der Waals surface area contributed by atoms with E-state index in [2.05, 4.69) is 0 Å². The Balaban J connectivity index is 2.12. The first-order valence-corrected chi connectivity index (χ1v) is 8.49. The van der Waals surface area contributed by atoms with Gasteiger partial charge >= 0.3 is 0 Å². The Bertz CT molecular complexity index is 908. The predicted molar refractivity (Wildman–Crippen MR) is 89.3 cm³/mol. The highest BCUT2D eigenvalue weighted by Crippen LogP contribution is 2.36. The van der Waals surface area contributed by atoms with Gasteiger partial charge in [-0.05, 0) is 36.4 Å². The smallest absolute Gasteiger partial charge is 0.210 e. The Morgan fingerprint density at radius 2 is 1.35 bits per heavy atom. The minimum atomic E-state index is -3.72. The SMILES string of the molecule is Nc1cccc(S(=O)(=O)c2ccccc2)c1Oc1ccccc1. The molecule has 4 nitrogen and oxygen atoms in total. The average molecular weight is 325 g/mol. The number of para-hydroxylation sites is 2. The molecule has 0 radical (unpaired) electrons. The lowest BCUT2D eigenvalue weighted by Crippen LogP contribution is -2.05. The maximum atomic E-state index is 12.9. The van der Waals surface area contributed by atoms with E-state index in [1.807, 2.05) is 6.07 Å². The second kappa shape index (κ2) is 6.14. The molecule has 0 aliphatic heterocycles. The molecule has 0 aliphatic rings. The fourth-order valence-corrected chi connectivity index (χ4v) is 3.62. The van der Waals surface area contributed by atoms with Gasteiger partial charge in [0.05, 0.1) is 10.6 Å². The maximum absolute atomic E-state index is 12.9. The summed E-state index contributed by atoms with van der Waals surface area (Å²) in [6.45, 7) is 0. The van der Waals surface area contributed by atoms with E-state index in [0.717, 1.165) is 0 Å². The van der Waals surface area contributed by atoms with Crippen molar-refractivity contribution in [2.24, 2.45) is 0 Å². The van der Waals surface area contributed by atoms with Crippen LogP contribution >= 0.6 is 0 Å². The van der Waals surface area contributed by atoms with Crippen LogP contribution in [0.4, 0.5) is 5.69 Å². The van der Waals surface area contributed by atoms with E-state index in [0.29, 0.717) is 5.75 Å². The van der Waals surface area contributed by atoms with Crippen LogP contribution in [0.2, 0.25) is 0 Å². The highest BCUT2D eigenvalue weighted by molar-refractivity contribution is 7.91. The summed E-state index contributed by atoms with van der Waals surface area (Å²) in [5.74, 6) is 0.664. The number of hydrogen-bond acceptors (Lipinski definition) is 4. The fraction of sp³-hybridized carbons (Fsp3) is 0. The molecular formula is C18H15NO3S. The molecule has 0 saturated heterocycles. The normalized spacial score (nSPS) is 11.1. The topological polar surface area (TPSA) is 69.4 Å². The number of sulfone groups is 1. The minimum absolute atomic E-state index is 0.0487. The van der Waals surface area contributed by atoms with E-state index in [-0.39, 0.29) is 21.2 Å². The summed E-state index contributed by atoms with van der Waals surface area (Å²) in [6, 6.07) is 21.9. The highest BCUT2D eigenvalue weighted by atomic mass is 32.2. The Morgan fingerprint density at radius 3 is 2.00 bits per heavy atom. The zero-order valence-corrected chi connectivity index (χ0v) is 13.0. The van der Waals surface area contributed by atoms with E-state index >= 15 is 0 Å². The molecular weight excluding hydrogens is 310 g/mol. The van der Waals surface area contributed by atoms with Crippen molar-refractivity contribution in [2.45, 2.75) is 9.79 Å². The van der Waals surface area contributed by atoms with Gasteiger partial charge in [-0.1, -0.05) is 42.5 Å². The van der Waals surface area contributed by atoms with Crippen molar-refractivity contribution in [3.05, 3.63) is 78.9 Å². The Labute approximate surface area is 135 Å². The van der Waals surface area contributed by atoms with Crippen molar-refractivity contribution >= 4 is 15.5 Å². The van der Waals surface area contributed by atoms with Gasteiger partial charge in [0, 0.05) is 0 Å². The molecule has 3 aromatic rings. The third-order valence-electron chi connectivity index (χ3n) is 3.32. The van der Waals surface area contributed by atoms with Gasteiger partial charge in [-0.3, -0.25) is 0 Å². The van der Waals surface area contributed by atoms with Gasteiger partial charge in [0.2, 0.25) is 9.84 Å². The summed E-state index contributed by atoms with van der Waals surface area (Å²) in [7, 11) is -3.72. The van der Waals surface area contributed by atoms with Crippen LogP contribution in [0.15, 0.2) is 88.7 Å². The van der Waals surface area contributed by atoms with E-state index in [9.17, 15) is 8.42 Å². The Kier molecular flexibility index (Phi) is 4.04. The second-order valence-electron chi connectivity index (χ2n) is 4.91. The molecule has 0 bridgehead atoms. The average Bonchev–Trinajstić information content (AvgIpc) is 2.58. The van der Waals surface area contributed by atoms with Crippen molar-refractivity contribution in [3.63, 3.8) is 0 Å². The summed E-state index contributed by atoms with van der Waals surface area (Å²) in [5, 5.41) is 0. The van der Waals surface area contributed by atoms with Gasteiger partial charge in [0.1, 0.15) is 10.6 Å². The van der Waals surface area contributed by atoms with Crippen LogP contribution in [0.25, 0.3) is 0 Å². The summed E-state index contributed by atoms with van der Waals surface area (Å²) in [4.78, 5) is 0.246. The van der Waals surface area contributed by atoms with Crippen molar-refractivity contribution in [1.82, 2.24) is 0 Å². The quantitative estimate of drug-likeness (QED) is 0.739. The van der Waals surface area contributed by atoms with Crippen LogP contribution in [-0.4, -0.2) is 8.42 Å². The molecule has 0 spiro atoms. The lowest BCUT2D eigenvalue weighted by atomic mass is 10.3. The van der Waals surface area contributed by atoms with Crippen molar-refractivity contribution < 1.29 is 13.2 Å². The molecule has 5 heteroatoms. The maximum Gasteiger partial charge on any atom is 0.210 e. The number of nitrogen functional groups attached to an aromatic ring is 1. The lowest BCUT2D eigenvalue weighted by Gasteiger charge is -2.14. The Morgan fingerprint density at radius 1 is 0.739 bits per heavy atom. The van der Waals surface area contributed by atoms with Gasteiger partial charge < -0.3 is 10.5 Å². The molecule has 23 heavy (non-hydrogen) atoms. The standard InChI is InChI=1S/C18H15NO3S/c19-16-12-7-13-17(18(16)22-14-8-3-1-4-9-14)23(20,21)15-10-5-2-6-11-15/h1-13H,19H2. The minimum Gasteiger partial charge on any atom is -0.454 e. The molecule has 2 N–H and O–H groups in total. The number of nitrogens with two attached hydrogens (primary N) is 1. The molecule has 116 valence electrons. The van der Waals surface area contributed by atoms with Crippen LogP contribution in [0.1, 0.15) is 0 Å². The monoisotopic (exact) mass is 325 g/mol. The molecule has 3 rings (SSSR count). The largest absolute Gasteiger partial charge is 0.454 e. The van der Waals surface area contributed by atoms with Crippen LogP contribution in [0.3, 0.4) is 0 Å². The first kappa shape index (κ1) is 15.1. The lowest BCUT2D eigenvalue weighted by molar-refractivity contribution is 0.470. The molecule has 0 aromatic heterocycles. The van der Waals surface area contributed by atoms with Crippen LogP contribution in [-0.2, 0) is 9.84 Å². The first-order chi connectivity index (χ1) is 11.1. The zero-order valence-electron chi connectivity index (χ0n) is 12.2. The van der Waals surface area contributed by atoms with Gasteiger partial charge in [-0.2, -0.15) is 0 Å². The fourth-order valence-electron chi connectivity index (χ4n) is 2.19. The molecule has 0 amide bonds. The summed E-state index contributed by atoms with van der Waals surface area (Å²) in [6.07, 6.45) is 0. The third kappa shape index (κ3) is 3.05. The van der Waals surface area contributed by atoms with Gasteiger partial charge in [0.15, 0.2) is 5.75 Å². The van der Waals surface area contributed by atoms with Crippen LogP contribution < -0.4 is 10.5 Å². The molecule has 3 aromatic carbocycles. The molecule has 0 unspecified atom stereocenters. The zero-order chi connectivity index (χ0) is 16.3. The number of rotatable bonds is 4. The molecule has 0 saturated carbocycles. The van der Waals surface area contributed by atoms with Gasteiger partial charge in [0.25, 0.3) is 0 Å². The number of hydrogen-bond donors (Lipinski definition) is 1. The van der Waals surface area contributed by atoms with Gasteiger partial charge in [-0.25, -0.2) is 8.42 Å². The van der Waals surface area contributed by atoms with E-state index in [1.54, 1.807) is 66.7 Å². The molecule has 0 fully saturated rings. The van der Waals surface area contributed by atoms with E-state index in [1.165, 1.54) is 6.07 Å². The second-order valence-corrected chi connectivity index (χ2v) is 6.82. The van der Waals surface area contributed by atoms with E-state index in [4.69, 9.17) is 10.5 Å². The number of ether oxygens (including phenoxy) is 1.